The number of nitrogens with zero attached hydrogens (tertiary/aromatic N) is 4. The van der Waals surface area contributed by atoms with Crippen LogP contribution < -0.4 is 15.4 Å². The molecule has 0 radical (unpaired) electrons. The summed E-state index contributed by atoms with van der Waals surface area (Å²) in [6.07, 6.45) is 11.3. The number of carbonyl (C=O) groups is 3. The molecule has 0 saturated carbocycles. The van der Waals surface area contributed by atoms with E-state index in [2.05, 4.69) is 97.5 Å². The number of fused-ring (bicyclic) bond motifs is 2. The Morgan fingerprint density at radius 2 is 1.74 bits per heavy atom. The minimum atomic E-state index is -2.09. The van der Waals surface area contributed by atoms with E-state index in [1.54, 1.807) is 6.20 Å². The van der Waals surface area contributed by atoms with E-state index in [0.29, 0.717) is 18.5 Å². The standard InChI is InChI=1S/C33H37N5O3Si/c1-21-27(17-22(20-35-21)33(41)34-15-8-16-38-30(39)13-14-31(38)40)32-25-11-9-23(36(2)3)18-28(25)42(6,7)29-19-24(37(4)5)10-12-26(29)32/h9-14,17-20H,8,15-16H2,1-7H3/p+1. The van der Waals surface area contributed by atoms with E-state index in [1.165, 1.54) is 38.6 Å². The Hall–Kier alpha value is -4.37. The number of allylic oxidation sites excluding steroid dienone is 5. The molecule has 1 aromatic heterocycles. The molecule has 0 spiro atoms. The van der Waals surface area contributed by atoms with Crippen molar-refractivity contribution in [3.8, 4) is 0 Å². The molecular weight excluding hydrogens is 542 g/mol. The summed E-state index contributed by atoms with van der Waals surface area (Å²) in [7, 11) is 6.17. The average Bonchev–Trinajstić information content (AvgIpc) is 3.28. The van der Waals surface area contributed by atoms with Gasteiger partial charge in [-0.25, -0.2) is 4.58 Å². The molecule has 1 aromatic carbocycles. The highest BCUT2D eigenvalue weighted by Crippen LogP contribution is 2.42. The number of amides is 3. The zero-order valence-electron chi connectivity index (χ0n) is 25.4. The number of imide groups is 1. The van der Waals surface area contributed by atoms with Crippen molar-refractivity contribution in [1.82, 2.24) is 15.2 Å². The van der Waals surface area contributed by atoms with Gasteiger partial charge in [-0.1, -0.05) is 19.2 Å². The van der Waals surface area contributed by atoms with Gasteiger partial charge in [0.15, 0.2) is 5.71 Å². The van der Waals surface area contributed by atoms with Crippen LogP contribution in [0, 0.1) is 6.92 Å². The molecule has 0 bridgehead atoms. The van der Waals surface area contributed by atoms with Gasteiger partial charge in [0.25, 0.3) is 17.7 Å². The Morgan fingerprint density at radius 1 is 1.02 bits per heavy atom. The first-order chi connectivity index (χ1) is 19.9. The van der Waals surface area contributed by atoms with Crippen LogP contribution in [0.1, 0.15) is 33.6 Å². The van der Waals surface area contributed by atoms with Crippen LogP contribution >= 0.6 is 0 Å². The Balaban J connectivity index is 1.53. The summed E-state index contributed by atoms with van der Waals surface area (Å²) in [5.74, 6) is -0.866. The maximum atomic E-state index is 13.2. The number of hydrogen-bond acceptors (Lipinski definition) is 5. The predicted molar refractivity (Wildman–Crippen MR) is 170 cm³/mol. The summed E-state index contributed by atoms with van der Waals surface area (Å²) in [5, 5.41) is 5.66. The fourth-order valence-electron chi connectivity index (χ4n) is 5.77. The molecule has 2 aliphatic heterocycles. The van der Waals surface area contributed by atoms with Crippen molar-refractivity contribution in [1.29, 1.82) is 0 Å². The fourth-order valence-corrected chi connectivity index (χ4v) is 8.85. The molecule has 5 rings (SSSR count). The van der Waals surface area contributed by atoms with E-state index in [4.69, 9.17) is 0 Å². The molecular formula is C33H38N5O3Si+. The van der Waals surface area contributed by atoms with Crippen LogP contribution in [0.15, 0.2) is 71.6 Å². The van der Waals surface area contributed by atoms with Gasteiger partial charge in [-0.2, -0.15) is 0 Å². The normalized spacial score (nSPS) is 16.9. The van der Waals surface area contributed by atoms with Gasteiger partial charge in [-0.05, 0) is 64.7 Å². The van der Waals surface area contributed by atoms with Crippen molar-refractivity contribution in [2.45, 2.75) is 26.4 Å². The first-order valence-corrected chi connectivity index (χ1v) is 17.2. The number of aromatic nitrogens is 1. The maximum absolute atomic E-state index is 13.2. The molecule has 2 aromatic rings. The summed E-state index contributed by atoms with van der Waals surface area (Å²) >= 11 is 0. The summed E-state index contributed by atoms with van der Waals surface area (Å²) in [5.41, 5.74) is 8.07. The summed E-state index contributed by atoms with van der Waals surface area (Å²) in [6.45, 7) is 7.41. The SMILES string of the molecule is Cc1ncc(C(=O)NCCCN2C(=O)C=CC2=O)cc1C1=C2C=CC(=[N+](C)C)C=C2[Si](C)(C)c2cc(N(C)C)ccc21. The van der Waals surface area contributed by atoms with Crippen LogP contribution in [0.25, 0.3) is 5.57 Å². The topological polar surface area (TPSA) is 85.6 Å². The molecule has 0 fully saturated rings. The lowest BCUT2D eigenvalue weighted by Gasteiger charge is -2.38. The Morgan fingerprint density at radius 3 is 2.40 bits per heavy atom. The van der Waals surface area contributed by atoms with Crippen molar-refractivity contribution in [2.75, 3.05) is 46.2 Å². The van der Waals surface area contributed by atoms with E-state index >= 15 is 0 Å². The van der Waals surface area contributed by atoms with Crippen molar-refractivity contribution in [3.63, 3.8) is 0 Å². The lowest BCUT2D eigenvalue weighted by molar-refractivity contribution is -0.462. The van der Waals surface area contributed by atoms with Crippen LogP contribution in [0.3, 0.4) is 0 Å². The number of aryl methyl sites for hydroxylation is 1. The summed E-state index contributed by atoms with van der Waals surface area (Å²) in [6, 6.07) is 8.65. The summed E-state index contributed by atoms with van der Waals surface area (Å²) in [4.78, 5) is 44.8. The molecule has 9 heteroatoms. The van der Waals surface area contributed by atoms with Crippen LogP contribution in [0.5, 0.6) is 0 Å². The van der Waals surface area contributed by atoms with Gasteiger partial charge >= 0.3 is 0 Å². The fraction of sp³-hybridized carbons (Fsp3) is 0.303. The molecule has 1 N–H and O–H groups in total. The van der Waals surface area contributed by atoms with Gasteiger partial charge in [0.2, 0.25) is 0 Å². The zero-order valence-corrected chi connectivity index (χ0v) is 26.4. The maximum Gasteiger partial charge on any atom is 0.253 e. The number of hydrogen-bond donors (Lipinski definition) is 1. The van der Waals surface area contributed by atoms with Crippen LogP contribution in [-0.4, -0.2) is 87.2 Å². The third-order valence-corrected chi connectivity index (χ3v) is 11.8. The smallest absolute Gasteiger partial charge is 0.253 e. The number of pyridine rings is 1. The first kappa shape index (κ1) is 29.1. The van der Waals surface area contributed by atoms with Gasteiger partial charge in [-0.3, -0.25) is 24.3 Å². The highest BCUT2D eigenvalue weighted by molar-refractivity contribution is 6.98. The van der Waals surface area contributed by atoms with Gasteiger partial charge in [-0.15, -0.1) is 0 Å². The van der Waals surface area contributed by atoms with E-state index in [0.717, 1.165) is 28.2 Å². The van der Waals surface area contributed by atoms with Gasteiger partial charge in [0.1, 0.15) is 22.2 Å². The highest BCUT2D eigenvalue weighted by atomic mass is 28.3. The van der Waals surface area contributed by atoms with Crippen molar-refractivity contribution in [3.05, 3.63) is 94.0 Å². The van der Waals surface area contributed by atoms with Crippen LogP contribution in [0.2, 0.25) is 13.1 Å². The lowest BCUT2D eigenvalue weighted by atomic mass is 9.88. The van der Waals surface area contributed by atoms with E-state index in [9.17, 15) is 14.4 Å². The molecule has 3 heterocycles. The predicted octanol–water partition coefficient (Wildman–Crippen LogP) is 2.98. The second-order valence-corrected chi connectivity index (χ2v) is 16.2. The average molecular weight is 581 g/mol. The molecule has 0 saturated heterocycles. The van der Waals surface area contributed by atoms with Crippen molar-refractivity contribution in [2.24, 2.45) is 0 Å². The van der Waals surface area contributed by atoms with Crippen LogP contribution in [0.4, 0.5) is 5.69 Å². The summed E-state index contributed by atoms with van der Waals surface area (Å²) < 4.78 is 2.14. The zero-order chi connectivity index (χ0) is 30.3. The monoisotopic (exact) mass is 580 g/mol. The minimum Gasteiger partial charge on any atom is -0.378 e. The highest BCUT2D eigenvalue weighted by Gasteiger charge is 2.40. The number of benzene rings is 1. The molecule has 216 valence electrons. The minimum absolute atomic E-state index is 0.238. The molecule has 42 heavy (non-hydrogen) atoms. The number of nitrogens with one attached hydrogen (secondary N) is 1. The largest absolute Gasteiger partial charge is 0.378 e. The van der Waals surface area contributed by atoms with Crippen molar-refractivity contribution < 1.29 is 19.0 Å². The number of rotatable bonds is 7. The third-order valence-electron chi connectivity index (χ3n) is 8.29. The number of carbonyl (C=O) groups excluding carboxylic acids is 3. The second-order valence-electron chi connectivity index (χ2n) is 11.9. The quantitative estimate of drug-likeness (QED) is 0.236. The lowest BCUT2D eigenvalue weighted by Crippen LogP contribution is -2.49. The van der Waals surface area contributed by atoms with E-state index in [1.807, 2.05) is 13.0 Å². The van der Waals surface area contributed by atoms with Crippen LogP contribution in [-0.2, 0) is 9.59 Å². The molecule has 3 amide bonds. The van der Waals surface area contributed by atoms with Crippen molar-refractivity contribution >= 4 is 48.0 Å². The van der Waals surface area contributed by atoms with Gasteiger partial charge in [0, 0.05) is 74.6 Å². The molecule has 8 nitrogen and oxygen atoms in total. The molecule has 1 aliphatic carbocycles. The Kier molecular flexibility index (Phi) is 7.72. The number of anilines is 1. The molecule has 0 unspecified atom stereocenters. The molecule has 3 aliphatic rings. The van der Waals surface area contributed by atoms with E-state index < -0.39 is 8.07 Å². The second kappa shape index (κ2) is 11.1. The Bertz CT molecular complexity index is 1650. The van der Waals surface area contributed by atoms with Gasteiger partial charge in [0.05, 0.1) is 5.56 Å². The molecule has 0 atom stereocenters. The Labute approximate surface area is 248 Å². The van der Waals surface area contributed by atoms with Gasteiger partial charge < -0.3 is 10.2 Å². The first-order valence-electron chi connectivity index (χ1n) is 14.2. The van der Waals surface area contributed by atoms with E-state index in [-0.39, 0.29) is 24.3 Å². The third kappa shape index (κ3) is 5.20.